The van der Waals surface area contributed by atoms with Crippen LogP contribution in [0.4, 0.5) is 0 Å². The van der Waals surface area contributed by atoms with E-state index in [-0.39, 0.29) is 11.4 Å². The molecule has 1 amide bonds. The summed E-state index contributed by atoms with van der Waals surface area (Å²) < 4.78 is 5.27. The Morgan fingerprint density at radius 2 is 2.08 bits per heavy atom. The van der Waals surface area contributed by atoms with E-state index in [1.165, 1.54) is 0 Å². The highest BCUT2D eigenvalue weighted by Crippen LogP contribution is 2.34. The molecule has 0 aliphatic carbocycles. The molecule has 0 radical (unpaired) electrons. The van der Waals surface area contributed by atoms with Crippen molar-refractivity contribution in [3.05, 3.63) is 0 Å². The Hall–Kier alpha value is -0.570. The number of amides is 1. The summed E-state index contributed by atoms with van der Waals surface area (Å²) in [5.74, 6) is 0.285. The molecule has 2 unspecified atom stereocenters. The van der Waals surface area contributed by atoms with E-state index in [0.717, 1.165) is 13.0 Å². The van der Waals surface area contributed by atoms with Gasteiger partial charge in [0.25, 0.3) is 0 Å². The third kappa shape index (κ3) is 1.57. The minimum absolute atomic E-state index is 0.0514. The van der Waals surface area contributed by atoms with Crippen LogP contribution in [0.15, 0.2) is 0 Å². The van der Waals surface area contributed by atoms with Gasteiger partial charge in [0.15, 0.2) is 0 Å². The van der Waals surface area contributed by atoms with Gasteiger partial charge in [0.2, 0.25) is 5.91 Å². The van der Waals surface area contributed by atoms with Crippen molar-refractivity contribution in [1.82, 2.24) is 4.90 Å². The molecule has 0 bridgehead atoms. The number of hydrogen-bond acceptors (Lipinski definition) is 2. The summed E-state index contributed by atoms with van der Waals surface area (Å²) in [7, 11) is 0. The molecule has 0 aromatic heterocycles. The van der Waals surface area contributed by atoms with Gasteiger partial charge >= 0.3 is 0 Å². The molecule has 0 spiro atoms. The van der Waals surface area contributed by atoms with Crippen molar-refractivity contribution in [2.75, 3.05) is 6.61 Å². The van der Waals surface area contributed by atoms with Crippen molar-refractivity contribution in [2.45, 2.75) is 51.3 Å². The molecular formula is C10H17NO2. The zero-order chi connectivity index (χ0) is 9.64. The first kappa shape index (κ1) is 9.00. The maximum atomic E-state index is 11.6. The second kappa shape index (κ2) is 2.71. The van der Waals surface area contributed by atoms with Crippen molar-refractivity contribution < 1.29 is 9.53 Å². The van der Waals surface area contributed by atoms with Crippen LogP contribution in [-0.4, -0.2) is 35.1 Å². The van der Waals surface area contributed by atoms with Crippen LogP contribution in [-0.2, 0) is 9.53 Å². The van der Waals surface area contributed by atoms with Crippen LogP contribution in [0.25, 0.3) is 0 Å². The molecule has 0 aromatic rings. The third-order valence-corrected chi connectivity index (χ3v) is 2.77. The Bertz CT molecular complexity index is 228. The zero-order valence-electron chi connectivity index (χ0n) is 8.54. The smallest absolute Gasteiger partial charge is 0.223 e. The zero-order valence-corrected chi connectivity index (χ0v) is 8.54. The van der Waals surface area contributed by atoms with Gasteiger partial charge in [-0.3, -0.25) is 4.79 Å². The van der Waals surface area contributed by atoms with E-state index in [9.17, 15) is 4.79 Å². The average Bonchev–Trinajstić information content (AvgIpc) is 2.73. The normalized spacial score (nSPS) is 34.1. The average molecular weight is 183 g/mol. The molecule has 0 saturated carbocycles. The summed E-state index contributed by atoms with van der Waals surface area (Å²) >= 11 is 0. The highest BCUT2D eigenvalue weighted by Gasteiger charge is 2.46. The van der Waals surface area contributed by atoms with E-state index >= 15 is 0 Å². The lowest BCUT2D eigenvalue weighted by atomic mass is 10.0. The lowest BCUT2D eigenvalue weighted by Gasteiger charge is -2.36. The molecule has 3 heteroatoms. The lowest BCUT2D eigenvalue weighted by molar-refractivity contribution is -0.134. The van der Waals surface area contributed by atoms with Gasteiger partial charge in [-0.05, 0) is 27.2 Å². The molecule has 2 aliphatic heterocycles. The first-order chi connectivity index (χ1) is 6.00. The van der Waals surface area contributed by atoms with E-state index < -0.39 is 0 Å². The molecule has 2 rings (SSSR count). The van der Waals surface area contributed by atoms with Gasteiger partial charge in [-0.25, -0.2) is 0 Å². The molecule has 0 N–H and O–H groups in total. The molecule has 2 atom stereocenters. The molecular weight excluding hydrogens is 166 g/mol. The number of carbonyl (C=O) groups excluding carboxylic acids is 1. The Balaban J connectivity index is 2.15. The standard InChI is InChI=1S/C10H17NO2/c1-10(2,3)11-7(8-6-13-8)4-5-9(11)12/h7-8H,4-6H2,1-3H3. The summed E-state index contributed by atoms with van der Waals surface area (Å²) in [6.07, 6.45) is 1.99. The summed E-state index contributed by atoms with van der Waals surface area (Å²) in [5.41, 5.74) is -0.0514. The molecule has 0 aromatic carbocycles. The largest absolute Gasteiger partial charge is 0.371 e. The van der Waals surface area contributed by atoms with E-state index in [0.29, 0.717) is 18.6 Å². The number of rotatable bonds is 1. The fourth-order valence-corrected chi connectivity index (χ4v) is 2.21. The number of epoxide rings is 1. The predicted octanol–water partition coefficient (Wildman–Crippen LogP) is 1.17. The van der Waals surface area contributed by atoms with Crippen molar-refractivity contribution in [2.24, 2.45) is 0 Å². The van der Waals surface area contributed by atoms with Crippen LogP contribution in [0.2, 0.25) is 0 Å². The van der Waals surface area contributed by atoms with Crippen LogP contribution in [0.1, 0.15) is 33.6 Å². The molecule has 3 nitrogen and oxygen atoms in total. The lowest BCUT2D eigenvalue weighted by Crippen LogP contribution is -2.49. The number of carbonyl (C=O) groups is 1. The summed E-state index contributed by atoms with van der Waals surface area (Å²) in [6.45, 7) is 7.10. The maximum absolute atomic E-state index is 11.6. The molecule has 13 heavy (non-hydrogen) atoms. The summed E-state index contributed by atoms with van der Waals surface area (Å²) in [5, 5.41) is 0. The maximum Gasteiger partial charge on any atom is 0.223 e. The number of likely N-dealkylation sites (tertiary alicyclic amines) is 1. The fourth-order valence-electron chi connectivity index (χ4n) is 2.21. The van der Waals surface area contributed by atoms with Crippen molar-refractivity contribution in [1.29, 1.82) is 0 Å². The quantitative estimate of drug-likeness (QED) is 0.572. The topological polar surface area (TPSA) is 32.8 Å². The van der Waals surface area contributed by atoms with Crippen molar-refractivity contribution in [3.63, 3.8) is 0 Å². The highest BCUT2D eigenvalue weighted by molar-refractivity contribution is 5.79. The van der Waals surface area contributed by atoms with Gasteiger partial charge in [-0.2, -0.15) is 0 Å². The van der Waals surface area contributed by atoms with Crippen LogP contribution in [0.5, 0.6) is 0 Å². The predicted molar refractivity (Wildman–Crippen MR) is 49.4 cm³/mol. The first-order valence-electron chi connectivity index (χ1n) is 4.94. The molecule has 2 saturated heterocycles. The second-order valence-electron chi connectivity index (χ2n) is 4.91. The van der Waals surface area contributed by atoms with Gasteiger partial charge in [-0.1, -0.05) is 0 Å². The van der Waals surface area contributed by atoms with E-state index in [1.807, 2.05) is 4.90 Å². The van der Waals surface area contributed by atoms with Gasteiger partial charge < -0.3 is 9.64 Å². The Morgan fingerprint density at radius 3 is 2.54 bits per heavy atom. The van der Waals surface area contributed by atoms with Gasteiger partial charge in [0.1, 0.15) is 6.10 Å². The van der Waals surface area contributed by atoms with Crippen LogP contribution >= 0.6 is 0 Å². The van der Waals surface area contributed by atoms with E-state index in [4.69, 9.17) is 4.74 Å². The second-order valence-corrected chi connectivity index (χ2v) is 4.91. The van der Waals surface area contributed by atoms with Crippen LogP contribution < -0.4 is 0 Å². The highest BCUT2D eigenvalue weighted by atomic mass is 16.6. The third-order valence-electron chi connectivity index (χ3n) is 2.77. The van der Waals surface area contributed by atoms with E-state index in [1.54, 1.807) is 0 Å². The van der Waals surface area contributed by atoms with Gasteiger partial charge in [0, 0.05) is 12.0 Å². The SMILES string of the molecule is CC(C)(C)N1C(=O)CCC1C1CO1. The number of ether oxygens (including phenoxy) is 1. The van der Waals surface area contributed by atoms with Gasteiger partial charge in [0.05, 0.1) is 12.6 Å². The Kier molecular flexibility index (Phi) is 1.88. The minimum atomic E-state index is -0.0514. The van der Waals surface area contributed by atoms with Crippen LogP contribution in [0.3, 0.4) is 0 Å². The fraction of sp³-hybridized carbons (Fsp3) is 0.900. The number of nitrogens with zero attached hydrogens (tertiary/aromatic N) is 1. The number of hydrogen-bond donors (Lipinski definition) is 0. The van der Waals surface area contributed by atoms with Gasteiger partial charge in [-0.15, -0.1) is 0 Å². The van der Waals surface area contributed by atoms with Crippen LogP contribution in [0, 0.1) is 0 Å². The molecule has 2 aliphatic rings. The van der Waals surface area contributed by atoms with Crippen molar-refractivity contribution >= 4 is 5.91 Å². The minimum Gasteiger partial charge on any atom is -0.371 e. The summed E-state index contributed by atoms with van der Waals surface area (Å²) in [4.78, 5) is 13.6. The molecule has 2 fully saturated rings. The molecule has 2 heterocycles. The Labute approximate surface area is 79.0 Å². The first-order valence-corrected chi connectivity index (χ1v) is 4.94. The molecule has 74 valence electrons. The summed E-state index contributed by atoms with van der Waals surface area (Å²) in [6, 6.07) is 0.340. The monoisotopic (exact) mass is 183 g/mol. The van der Waals surface area contributed by atoms with Crippen molar-refractivity contribution in [3.8, 4) is 0 Å². The Morgan fingerprint density at radius 1 is 1.46 bits per heavy atom. The van der Waals surface area contributed by atoms with E-state index in [2.05, 4.69) is 20.8 Å².